The standard InChI is InChI=1S/C11H9BrN2O3/c12-6-1-2-8-11(16-4-3-15-8)10(6)7-5-9(13)17-14-7/h1-2,5H,3-4,13H2. The molecule has 0 bridgehead atoms. The average molecular weight is 297 g/mol. The number of fused-ring (bicyclic) bond motifs is 1. The van der Waals surface area contributed by atoms with E-state index in [0.29, 0.717) is 30.4 Å². The second-order valence-electron chi connectivity index (χ2n) is 3.56. The van der Waals surface area contributed by atoms with E-state index < -0.39 is 0 Å². The van der Waals surface area contributed by atoms with Crippen molar-refractivity contribution in [2.45, 2.75) is 0 Å². The van der Waals surface area contributed by atoms with E-state index in [9.17, 15) is 0 Å². The lowest BCUT2D eigenvalue weighted by molar-refractivity contribution is 0.172. The maximum absolute atomic E-state index is 5.62. The summed E-state index contributed by atoms with van der Waals surface area (Å²) < 4.78 is 16.9. The van der Waals surface area contributed by atoms with E-state index in [0.717, 1.165) is 10.0 Å². The van der Waals surface area contributed by atoms with Crippen LogP contribution in [0.2, 0.25) is 0 Å². The first-order valence-electron chi connectivity index (χ1n) is 5.06. The van der Waals surface area contributed by atoms with Crippen LogP contribution in [0.3, 0.4) is 0 Å². The predicted molar refractivity (Wildman–Crippen MR) is 65.0 cm³/mol. The second kappa shape index (κ2) is 3.96. The first-order chi connectivity index (χ1) is 8.25. The number of hydrogen-bond acceptors (Lipinski definition) is 5. The molecule has 0 fully saturated rings. The number of anilines is 1. The molecule has 0 unspecified atom stereocenters. The lowest BCUT2D eigenvalue weighted by Crippen LogP contribution is -2.16. The fraction of sp³-hybridized carbons (Fsp3) is 0.182. The summed E-state index contributed by atoms with van der Waals surface area (Å²) >= 11 is 3.46. The molecular weight excluding hydrogens is 288 g/mol. The molecule has 0 aliphatic carbocycles. The number of nitrogens with zero attached hydrogens (tertiary/aromatic N) is 1. The van der Waals surface area contributed by atoms with Crippen LogP contribution in [0.5, 0.6) is 11.5 Å². The van der Waals surface area contributed by atoms with Crippen LogP contribution in [-0.2, 0) is 0 Å². The molecule has 1 aliphatic rings. The molecule has 0 saturated heterocycles. The summed E-state index contributed by atoms with van der Waals surface area (Å²) in [5, 5.41) is 3.89. The Balaban J connectivity index is 2.20. The molecule has 2 N–H and O–H groups in total. The van der Waals surface area contributed by atoms with Gasteiger partial charge in [-0.2, -0.15) is 0 Å². The third-order valence-corrected chi connectivity index (χ3v) is 3.10. The van der Waals surface area contributed by atoms with Crippen LogP contribution in [0, 0.1) is 0 Å². The van der Waals surface area contributed by atoms with E-state index in [-0.39, 0.29) is 5.88 Å². The van der Waals surface area contributed by atoms with Crippen molar-refractivity contribution in [1.82, 2.24) is 5.16 Å². The highest BCUT2D eigenvalue weighted by Gasteiger charge is 2.21. The summed E-state index contributed by atoms with van der Waals surface area (Å²) in [6.07, 6.45) is 0. The van der Waals surface area contributed by atoms with Gasteiger partial charge in [0.25, 0.3) is 0 Å². The first kappa shape index (κ1) is 10.5. The van der Waals surface area contributed by atoms with Gasteiger partial charge in [0.15, 0.2) is 11.5 Å². The summed E-state index contributed by atoms with van der Waals surface area (Å²) in [4.78, 5) is 0. The number of halogens is 1. The van der Waals surface area contributed by atoms with Gasteiger partial charge < -0.3 is 19.7 Å². The molecule has 88 valence electrons. The van der Waals surface area contributed by atoms with Crippen molar-refractivity contribution in [3.8, 4) is 22.8 Å². The van der Waals surface area contributed by atoms with E-state index >= 15 is 0 Å². The summed E-state index contributed by atoms with van der Waals surface area (Å²) in [6.45, 7) is 1.07. The van der Waals surface area contributed by atoms with Crippen molar-refractivity contribution < 1.29 is 14.0 Å². The lowest BCUT2D eigenvalue weighted by Gasteiger charge is -2.20. The van der Waals surface area contributed by atoms with Crippen molar-refractivity contribution in [3.05, 3.63) is 22.7 Å². The summed E-state index contributed by atoms with van der Waals surface area (Å²) in [6, 6.07) is 5.39. The first-order valence-corrected chi connectivity index (χ1v) is 5.85. The van der Waals surface area contributed by atoms with E-state index in [4.69, 9.17) is 19.7 Å². The van der Waals surface area contributed by atoms with Gasteiger partial charge in [0.05, 0.1) is 5.56 Å². The molecule has 6 heteroatoms. The quantitative estimate of drug-likeness (QED) is 0.875. The minimum atomic E-state index is 0.265. The molecule has 1 aliphatic heterocycles. The van der Waals surface area contributed by atoms with Crippen molar-refractivity contribution in [3.63, 3.8) is 0 Å². The molecule has 0 radical (unpaired) electrons. The number of ether oxygens (including phenoxy) is 2. The van der Waals surface area contributed by atoms with E-state index in [1.807, 2.05) is 12.1 Å². The van der Waals surface area contributed by atoms with Crippen LogP contribution < -0.4 is 15.2 Å². The minimum Gasteiger partial charge on any atom is -0.486 e. The average Bonchev–Trinajstić information content (AvgIpc) is 2.75. The van der Waals surface area contributed by atoms with Crippen molar-refractivity contribution >= 4 is 21.8 Å². The van der Waals surface area contributed by atoms with Crippen LogP contribution in [0.4, 0.5) is 5.88 Å². The SMILES string of the molecule is Nc1cc(-c2c(Br)ccc3c2OCCO3)no1. The molecule has 0 amide bonds. The number of nitrogens with two attached hydrogens (primary N) is 1. The van der Waals surface area contributed by atoms with Crippen molar-refractivity contribution in [2.75, 3.05) is 18.9 Å². The summed E-state index contributed by atoms with van der Waals surface area (Å²) in [5.41, 5.74) is 6.94. The monoisotopic (exact) mass is 296 g/mol. The Morgan fingerprint density at radius 1 is 1.24 bits per heavy atom. The molecular formula is C11H9BrN2O3. The third-order valence-electron chi connectivity index (χ3n) is 2.44. The number of hydrogen-bond donors (Lipinski definition) is 1. The van der Waals surface area contributed by atoms with Crippen LogP contribution >= 0.6 is 15.9 Å². The smallest absolute Gasteiger partial charge is 0.222 e. The number of rotatable bonds is 1. The van der Waals surface area contributed by atoms with Gasteiger partial charge in [-0.15, -0.1) is 0 Å². The molecule has 0 spiro atoms. The van der Waals surface area contributed by atoms with E-state index in [1.54, 1.807) is 6.07 Å². The summed E-state index contributed by atoms with van der Waals surface area (Å²) in [5.74, 6) is 1.64. The Labute approximate surface area is 106 Å². The predicted octanol–water partition coefficient (Wildman–Crippen LogP) is 2.46. The molecule has 3 rings (SSSR count). The van der Waals surface area contributed by atoms with Gasteiger partial charge in [0.1, 0.15) is 18.9 Å². The largest absolute Gasteiger partial charge is 0.486 e. The Morgan fingerprint density at radius 2 is 2.06 bits per heavy atom. The molecule has 1 aromatic heterocycles. The Bertz CT molecular complexity index is 568. The zero-order chi connectivity index (χ0) is 11.8. The van der Waals surface area contributed by atoms with Crippen molar-refractivity contribution in [2.24, 2.45) is 0 Å². The zero-order valence-electron chi connectivity index (χ0n) is 8.77. The Hall–Kier alpha value is -1.69. The van der Waals surface area contributed by atoms with Crippen molar-refractivity contribution in [1.29, 1.82) is 0 Å². The van der Waals surface area contributed by atoms with Gasteiger partial charge in [-0.1, -0.05) is 5.16 Å². The maximum atomic E-state index is 5.62. The van der Waals surface area contributed by atoms with E-state index in [1.165, 1.54) is 0 Å². The third kappa shape index (κ3) is 1.74. The van der Waals surface area contributed by atoms with Gasteiger partial charge in [0.2, 0.25) is 5.88 Å². The maximum Gasteiger partial charge on any atom is 0.222 e. The summed E-state index contributed by atoms with van der Waals surface area (Å²) in [7, 11) is 0. The molecule has 17 heavy (non-hydrogen) atoms. The van der Waals surface area contributed by atoms with Crippen LogP contribution in [-0.4, -0.2) is 18.4 Å². The van der Waals surface area contributed by atoms with Crippen LogP contribution in [0.15, 0.2) is 27.2 Å². The molecule has 5 nitrogen and oxygen atoms in total. The van der Waals surface area contributed by atoms with Gasteiger partial charge in [-0.25, -0.2) is 0 Å². The normalized spacial score (nSPS) is 13.7. The zero-order valence-corrected chi connectivity index (χ0v) is 10.4. The van der Waals surface area contributed by atoms with Gasteiger partial charge in [0, 0.05) is 10.5 Å². The number of benzene rings is 1. The Morgan fingerprint density at radius 3 is 2.82 bits per heavy atom. The second-order valence-corrected chi connectivity index (χ2v) is 4.42. The Kier molecular flexibility index (Phi) is 2.44. The highest BCUT2D eigenvalue weighted by molar-refractivity contribution is 9.10. The highest BCUT2D eigenvalue weighted by atomic mass is 79.9. The molecule has 2 aromatic rings. The van der Waals surface area contributed by atoms with Gasteiger partial charge >= 0.3 is 0 Å². The topological polar surface area (TPSA) is 70.5 Å². The van der Waals surface area contributed by atoms with Crippen LogP contribution in [0.25, 0.3) is 11.3 Å². The van der Waals surface area contributed by atoms with Gasteiger partial charge in [-0.3, -0.25) is 0 Å². The number of aromatic nitrogens is 1. The number of nitrogen functional groups attached to an aromatic ring is 1. The molecule has 1 aromatic carbocycles. The molecule has 0 saturated carbocycles. The fourth-order valence-electron chi connectivity index (χ4n) is 1.74. The van der Waals surface area contributed by atoms with E-state index in [2.05, 4.69) is 21.1 Å². The fourth-order valence-corrected chi connectivity index (χ4v) is 2.25. The molecule has 2 heterocycles. The van der Waals surface area contributed by atoms with Crippen LogP contribution in [0.1, 0.15) is 0 Å². The highest BCUT2D eigenvalue weighted by Crippen LogP contribution is 2.44. The lowest BCUT2D eigenvalue weighted by atomic mass is 10.1. The molecule has 0 atom stereocenters. The van der Waals surface area contributed by atoms with Gasteiger partial charge in [-0.05, 0) is 28.1 Å². The minimum absolute atomic E-state index is 0.265.